The first kappa shape index (κ1) is 23.6. The monoisotopic (exact) mass is 437 g/mol. The van der Waals surface area contributed by atoms with Gasteiger partial charge in [0.1, 0.15) is 11.4 Å². The third-order valence-corrected chi connectivity index (χ3v) is 4.42. The van der Waals surface area contributed by atoms with Crippen LogP contribution >= 0.6 is 11.6 Å². The fourth-order valence-corrected chi connectivity index (χ4v) is 3.03. The van der Waals surface area contributed by atoms with Crippen LogP contribution in [0.15, 0.2) is 42.5 Å². The summed E-state index contributed by atoms with van der Waals surface area (Å²) >= 11 is 5.94. The van der Waals surface area contributed by atoms with Crippen molar-refractivity contribution in [2.45, 2.75) is 51.4 Å². The largest absolute Gasteiger partial charge is 0.479 e. The average Bonchev–Trinajstić information content (AvgIpc) is 2.62. The molecule has 3 N–H and O–H groups in total. The highest BCUT2D eigenvalue weighted by molar-refractivity contribution is 6.30. The molecule has 162 valence electrons. The molecule has 0 aliphatic rings. The van der Waals surface area contributed by atoms with Gasteiger partial charge in [0.25, 0.3) is 0 Å². The van der Waals surface area contributed by atoms with Crippen LogP contribution in [0, 0.1) is 5.82 Å². The van der Waals surface area contributed by atoms with E-state index >= 15 is 0 Å². The number of carbonyl (C=O) groups is 2. The molecule has 30 heavy (non-hydrogen) atoms. The van der Waals surface area contributed by atoms with Gasteiger partial charge in [-0.15, -0.1) is 0 Å². The van der Waals surface area contributed by atoms with Crippen LogP contribution in [0.25, 0.3) is 11.1 Å². The number of carbonyl (C=O) groups excluding carboxylic acids is 1. The Kier molecular flexibility index (Phi) is 7.81. The van der Waals surface area contributed by atoms with Crippen molar-refractivity contribution in [1.29, 1.82) is 0 Å². The summed E-state index contributed by atoms with van der Waals surface area (Å²) in [5, 5.41) is 21.7. The lowest BCUT2D eigenvalue weighted by atomic mass is 9.98. The lowest BCUT2D eigenvalue weighted by Gasteiger charge is -2.24. The maximum absolute atomic E-state index is 14.1. The molecule has 0 spiro atoms. The number of nitrogens with one attached hydrogen (secondary N) is 1. The molecule has 2 rings (SSSR count). The molecular formula is C22H25ClFNO5. The molecule has 0 aliphatic heterocycles. The molecule has 0 saturated carbocycles. The molecule has 2 aromatic rings. The van der Waals surface area contributed by atoms with E-state index in [4.69, 9.17) is 21.4 Å². The summed E-state index contributed by atoms with van der Waals surface area (Å²) in [6.07, 6.45) is -2.28. The zero-order chi connectivity index (χ0) is 22.5. The molecular weight excluding hydrogens is 413 g/mol. The second kappa shape index (κ2) is 9.91. The predicted octanol–water partition coefficient (Wildman–Crippen LogP) is 4.42. The number of ether oxygens (including phenoxy) is 1. The van der Waals surface area contributed by atoms with E-state index in [1.807, 2.05) is 0 Å². The minimum absolute atomic E-state index is 0.195. The predicted molar refractivity (Wildman–Crippen MR) is 112 cm³/mol. The van der Waals surface area contributed by atoms with Crippen LogP contribution in [0.4, 0.5) is 9.18 Å². The topological polar surface area (TPSA) is 95.9 Å². The number of rotatable bonds is 7. The van der Waals surface area contributed by atoms with Crippen LogP contribution in [0.2, 0.25) is 5.02 Å². The molecule has 0 bridgehead atoms. The summed E-state index contributed by atoms with van der Waals surface area (Å²) in [5.41, 5.74) is 1.03. The molecule has 8 heteroatoms. The maximum Gasteiger partial charge on any atom is 0.407 e. The standard InChI is InChI=1S/C22H25ClFNO5/c1-22(2,3)30-21(29)25-16(12-19(26)20(27)28)10-13-4-6-14(7-5-13)17-11-15(23)8-9-18(17)24/h4-9,11,16,19,26H,10,12H2,1-3H3,(H,25,29)(H,27,28)/t16-,19?/m1/s1. The van der Waals surface area contributed by atoms with E-state index in [-0.39, 0.29) is 12.8 Å². The van der Waals surface area contributed by atoms with Gasteiger partial charge in [-0.05, 0) is 56.5 Å². The first-order chi connectivity index (χ1) is 13.9. The number of alkyl carbamates (subject to hydrolysis) is 1. The molecule has 6 nitrogen and oxygen atoms in total. The Bertz CT molecular complexity index is 895. The van der Waals surface area contributed by atoms with Crippen LogP contribution in [0.3, 0.4) is 0 Å². The van der Waals surface area contributed by atoms with Crippen LogP contribution in [0.5, 0.6) is 0 Å². The zero-order valence-corrected chi connectivity index (χ0v) is 17.7. The van der Waals surface area contributed by atoms with E-state index in [0.29, 0.717) is 16.1 Å². The second-order valence-electron chi connectivity index (χ2n) is 7.96. The van der Waals surface area contributed by atoms with Crippen LogP contribution in [0.1, 0.15) is 32.8 Å². The highest BCUT2D eigenvalue weighted by Crippen LogP contribution is 2.26. The molecule has 0 aliphatic carbocycles. The van der Waals surface area contributed by atoms with Crippen molar-refractivity contribution in [3.8, 4) is 11.1 Å². The first-order valence-corrected chi connectivity index (χ1v) is 9.77. The van der Waals surface area contributed by atoms with Gasteiger partial charge in [0.15, 0.2) is 6.10 Å². The summed E-state index contributed by atoms with van der Waals surface area (Å²) in [7, 11) is 0. The minimum Gasteiger partial charge on any atom is -0.479 e. The Hall–Kier alpha value is -2.64. The zero-order valence-electron chi connectivity index (χ0n) is 17.0. The van der Waals surface area contributed by atoms with Crippen molar-refractivity contribution in [3.05, 3.63) is 58.9 Å². The SMILES string of the molecule is CC(C)(C)OC(=O)N[C@H](Cc1ccc(-c2cc(Cl)ccc2F)cc1)CC(O)C(=O)O. The fraction of sp³-hybridized carbons (Fsp3) is 0.364. The Morgan fingerprint density at radius 1 is 1.17 bits per heavy atom. The van der Waals surface area contributed by atoms with Gasteiger partial charge in [-0.25, -0.2) is 14.0 Å². The van der Waals surface area contributed by atoms with Crippen molar-refractivity contribution >= 4 is 23.7 Å². The van der Waals surface area contributed by atoms with Crippen molar-refractivity contribution in [3.63, 3.8) is 0 Å². The number of benzene rings is 2. The number of hydrogen-bond donors (Lipinski definition) is 3. The molecule has 0 saturated heterocycles. The van der Waals surface area contributed by atoms with Crippen molar-refractivity contribution < 1.29 is 28.9 Å². The smallest absolute Gasteiger partial charge is 0.407 e. The van der Waals surface area contributed by atoms with E-state index in [2.05, 4.69) is 5.32 Å². The van der Waals surface area contributed by atoms with E-state index in [1.54, 1.807) is 45.0 Å². The molecule has 2 atom stereocenters. The number of carboxylic acid groups (broad SMARTS) is 1. The minimum atomic E-state index is -1.63. The van der Waals surface area contributed by atoms with Crippen molar-refractivity contribution in [2.75, 3.05) is 0 Å². The quantitative estimate of drug-likeness (QED) is 0.596. The van der Waals surface area contributed by atoms with Gasteiger partial charge in [0.2, 0.25) is 0 Å². The van der Waals surface area contributed by atoms with Gasteiger partial charge >= 0.3 is 12.1 Å². The third-order valence-electron chi connectivity index (χ3n) is 4.19. The van der Waals surface area contributed by atoms with Gasteiger partial charge in [-0.2, -0.15) is 0 Å². The summed E-state index contributed by atoms with van der Waals surface area (Å²) in [5.74, 6) is -1.78. The first-order valence-electron chi connectivity index (χ1n) is 9.39. The molecule has 1 unspecified atom stereocenters. The number of carboxylic acids is 1. The lowest BCUT2D eigenvalue weighted by molar-refractivity contribution is -0.147. The molecule has 2 aromatic carbocycles. The number of aliphatic hydroxyl groups excluding tert-OH is 1. The fourth-order valence-electron chi connectivity index (χ4n) is 2.86. The Balaban J connectivity index is 2.16. The third kappa shape index (κ3) is 7.31. The Morgan fingerprint density at radius 2 is 1.80 bits per heavy atom. The number of halogens is 2. The molecule has 0 radical (unpaired) electrons. The van der Waals surface area contributed by atoms with Crippen molar-refractivity contribution in [1.82, 2.24) is 5.32 Å². The molecule has 0 fully saturated rings. The van der Waals surface area contributed by atoms with Gasteiger partial charge < -0.3 is 20.3 Å². The van der Waals surface area contributed by atoms with Crippen molar-refractivity contribution in [2.24, 2.45) is 0 Å². The summed E-state index contributed by atoms with van der Waals surface area (Å²) < 4.78 is 19.3. The van der Waals surface area contributed by atoms with Crippen LogP contribution in [-0.2, 0) is 16.0 Å². The maximum atomic E-state index is 14.1. The van der Waals surface area contributed by atoms with Crippen LogP contribution < -0.4 is 5.32 Å². The summed E-state index contributed by atoms with van der Waals surface area (Å²) in [6, 6.07) is 10.5. The molecule has 1 amide bonds. The number of hydrogen-bond acceptors (Lipinski definition) is 4. The highest BCUT2D eigenvalue weighted by atomic mass is 35.5. The number of amides is 1. The second-order valence-corrected chi connectivity index (χ2v) is 8.39. The van der Waals surface area contributed by atoms with E-state index in [0.717, 1.165) is 5.56 Å². The normalized spacial score (nSPS) is 13.4. The Morgan fingerprint density at radius 3 is 2.37 bits per heavy atom. The van der Waals surface area contributed by atoms with E-state index < -0.39 is 35.6 Å². The van der Waals surface area contributed by atoms with Gasteiger partial charge in [-0.3, -0.25) is 0 Å². The molecule has 0 heterocycles. The van der Waals surface area contributed by atoms with Gasteiger partial charge in [0.05, 0.1) is 0 Å². The lowest BCUT2D eigenvalue weighted by Crippen LogP contribution is -2.43. The number of aliphatic carboxylic acids is 1. The summed E-state index contributed by atoms with van der Waals surface area (Å²) in [4.78, 5) is 23.1. The average molecular weight is 438 g/mol. The Labute approximate surface area is 179 Å². The van der Waals surface area contributed by atoms with Crippen LogP contribution in [-0.4, -0.2) is 40.0 Å². The van der Waals surface area contributed by atoms with Gasteiger partial charge in [-0.1, -0.05) is 35.9 Å². The van der Waals surface area contributed by atoms with E-state index in [9.17, 15) is 19.1 Å². The number of aliphatic hydroxyl groups is 1. The molecule has 0 aromatic heterocycles. The summed E-state index contributed by atoms with van der Waals surface area (Å²) in [6.45, 7) is 5.13. The highest BCUT2D eigenvalue weighted by Gasteiger charge is 2.24. The van der Waals surface area contributed by atoms with E-state index in [1.165, 1.54) is 18.2 Å². The van der Waals surface area contributed by atoms with Gasteiger partial charge in [0, 0.05) is 23.0 Å².